The third-order valence-electron chi connectivity index (χ3n) is 4.04. The van der Waals surface area contributed by atoms with Crippen LogP contribution in [0.25, 0.3) is 0 Å². The first-order valence-electron chi connectivity index (χ1n) is 8.20. The van der Waals surface area contributed by atoms with E-state index in [0.717, 1.165) is 31.5 Å². The number of carbonyl (C=O) groups excluding carboxylic acids is 3. The Labute approximate surface area is 137 Å². The van der Waals surface area contributed by atoms with Gasteiger partial charge in [0.2, 0.25) is 5.91 Å². The number of carbonyl (C=O) groups is 3. The molecule has 0 aliphatic carbocycles. The molecular formula is C18H24N2O3. The maximum Gasteiger partial charge on any atom is 0.253 e. The van der Waals surface area contributed by atoms with Gasteiger partial charge in [-0.2, -0.15) is 0 Å². The molecule has 1 aliphatic rings. The summed E-state index contributed by atoms with van der Waals surface area (Å²) in [6.07, 6.45) is 3.86. The van der Waals surface area contributed by atoms with Crippen molar-refractivity contribution >= 4 is 17.6 Å². The molecule has 23 heavy (non-hydrogen) atoms. The minimum atomic E-state index is -0.131. The fourth-order valence-electron chi connectivity index (χ4n) is 2.62. The lowest BCUT2D eigenvalue weighted by Crippen LogP contribution is -2.35. The van der Waals surface area contributed by atoms with Gasteiger partial charge in [0.25, 0.3) is 5.91 Å². The number of nitrogens with zero attached hydrogens (tertiary/aromatic N) is 1. The second-order valence-electron chi connectivity index (χ2n) is 6.03. The molecule has 1 saturated heterocycles. The summed E-state index contributed by atoms with van der Waals surface area (Å²) in [5, 5.41) is 2.78. The molecule has 5 nitrogen and oxygen atoms in total. The van der Waals surface area contributed by atoms with Gasteiger partial charge in [-0.3, -0.25) is 9.59 Å². The van der Waals surface area contributed by atoms with E-state index < -0.39 is 0 Å². The highest BCUT2D eigenvalue weighted by Gasteiger charge is 2.17. The molecular weight excluding hydrogens is 292 g/mol. The third kappa shape index (κ3) is 5.51. The highest BCUT2D eigenvalue weighted by Crippen LogP contribution is 2.14. The summed E-state index contributed by atoms with van der Waals surface area (Å²) < 4.78 is 0. The quantitative estimate of drug-likeness (QED) is 0.875. The maximum absolute atomic E-state index is 12.4. The predicted molar refractivity (Wildman–Crippen MR) is 88.0 cm³/mol. The summed E-state index contributed by atoms with van der Waals surface area (Å²) in [5.41, 5.74) is 1.63. The smallest absolute Gasteiger partial charge is 0.253 e. The summed E-state index contributed by atoms with van der Waals surface area (Å²) in [6, 6.07) is 7.35. The van der Waals surface area contributed by atoms with E-state index in [-0.39, 0.29) is 30.4 Å². The Balaban J connectivity index is 1.83. The van der Waals surface area contributed by atoms with Crippen LogP contribution in [0.15, 0.2) is 24.3 Å². The molecule has 0 spiro atoms. The number of nitrogens with one attached hydrogen (secondary N) is 1. The van der Waals surface area contributed by atoms with E-state index in [4.69, 9.17) is 0 Å². The molecule has 1 aliphatic heterocycles. The molecule has 0 unspecified atom stereocenters. The van der Waals surface area contributed by atoms with Crippen molar-refractivity contribution in [3.8, 4) is 0 Å². The van der Waals surface area contributed by atoms with Gasteiger partial charge in [0.05, 0.1) is 0 Å². The Morgan fingerprint density at radius 3 is 2.26 bits per heavy atom. The summed E-state index contributed by atoms with van der Waals surface area (Å²) in [7, 11) is 0. The molecule has 124 valence electrons. The number of benzene rings is 1. The number of rotatable bonds is 6. The van der Waals surface area contributed by atoms with Crippen LogP contribution in [0.5, 0.6) is 0 Å². The molecule has 2 rings (SSSR count). The van der Waals surface area contributed by atoms with Gasteiger partial charge in [0.1, 0.15) is 5.78 Å². The predicted octanol–water partition coefficient (Wildman–Crippen LogP) is 2.30. The van der Waals surface area contributed by atoms with Crippen molar-refractivity contribution in [2.24, 2.45) is 0 Å². The van der Waals surface area contributed by atoms with E-state index in [0.29, 0.717) is 12.1 Å². The van der Waals surface area contributed by atoms with Crippen molar-refractivity contribution in [2.45, 2.75) is 45.6 Å². The topological polar surface area (TPSA) is 66.5 Å². The average Bonchev–Trinajstić information content (AvgIpc) is 2.58. The first-order chi connectivity index (χ1) is 11.1. The molecule has 1 aromatic rings. The van der Waals surface area contributed by atoms with Crippen molar-refractivity contribution in [3.63, 3.8) is 0 Å². The van der Waals surface area contributed by atoms with E-state index in [1.165, 1.54) is 13.3 Å². The van der Waals surface area contributed by atoms with Crippen LogP contribution in [-0.2, 0) is 16.1 Å². The lowest BCUT2D eigenvalue weighted by Gasteiger charge is -2.26. The molecule has 0 aromatic heterocycles. The van der Waals surface area contributed by atoms with Crippen molar-refractivity contribution in [1.29, 1.82) is 0 Å². The molecule has 1 heterocycles. The molecule has 0 bridgehead atoms. The number of ketones is 1. The third-order valence-corrected chi connectivity index (χ3v) is 4.04. The average molecular weight is 316 g/mol. The monoisotopic (exact) mass is 316 g/mol. The zero-order chi connectivity index (χ0) is 16.7. The van der Waals surface area contributed by atoms with Crippen molar-refractivity contribution in [2.75, 3.05) is 13.1 Å². The van der Waals surface area contributed by atoms with Crippen LogP contribution < -0.4 is 5.32 Å². The number of piperidine rings is 1. The van der Waals surface area contributed by atoms with Gasteiger partial charge in [-0.05, 0) is 43.9 Å². The largest absolute Gasteiger partial charge is 0.352 e. The second kappa shape index (κ2) is 8.46. The minimum Gasteiger partial charge on any atom is -0.352 e. The Morgan fingerprint density at radius 1 is 1.00 bits per heavy atom. The van der Waals surface area contributed by atoms with E-state index in [9.17, 15) is 14.4 Å². The lowest BCUT2D eigenvalue weighted by molar-refractivity contribution is -0.124. The molecule has 2 amide bonds. The molecule has 1 N–H and O–H groups in total. The van der Waals surface area contributed by atoms with Gasteiger partial charge < -0.3 is 15.0 Å². The van der Waals surface area contributed by atoms with Gasteiger partial charge >= 0.3 is 0 Å². The molecule has 0 saturated carbocycles. The zero-order valence-electron chi connectivity index (χ0n) is 13.6. The summed E-state index contributed by atoms with van der Waals surface area (Å²) in [4.78, 5) is 36.7. The fourth-order valence-corrected chi connectivity index (χ4v) is 2.62. The van der Waals surface area contributed by atoms with Crippen molar-refractivity contribution < 1.29 is 14.4 Å². The summed E-state index contributed by atoms with van der Waals surface area (Å²) >= 11 is 0. The van der Waals surface area contributed by atoms with Gasteiger partial charge in [0, 0.05) is 38.0 Å². The van der Waals surface area contributed by atoms with Crippen LogP contribution in [0.1, 0.15) is 54.9 Å². The van der Waals surface area contributed by atoms with Crippen LogP contribution in [-0.4, -0.2) is 35.6 Å². The molecule has 1 fully saturated rings. The van der Waals surface area contributed by atoms with E-state index >= 15 is 0 Å². The Kier molecular flexibility index (Phi) is 6.32. The van der Waals surface area contributed by atoms with Gasteiger partial charge in [-0.15, -0.1) is 0 Å². The number of hydrogen-bond acceptors (Lipinski definition) is 3. The number of likely N-dealkylation sites (tertiary alicyclic amines) is 1. The zero-order valence-corrected chi connectivity index (χ0v) is 13.6. The van der Waals surface area contributed by atoms with E-state index in [2.05, 4.69) is 5.32 Å². The van der Waals surface area contributed by atoms with Crippen LogP contribution in [0.2, 0.25) is 0 Å². The van der Waals surface area contributed by atoms with Crippen molar-refractivity contribution in [1.82, 2.24) is 10.2 Å². The normalized spacial score (nSPS) is 14.4. The number of hydrogen-bond donors (Lipinski definition) is 1. The van der Waals surface area contributed by atoms with Crippen LogP contribution in [0, 0.1) is 0 Å². The van der Waals surface area contributed by atoms with Gasteiger partial charge in [-0.1, -0.05) is 12.1 Å². The number of Topliss-reactive ketones (excluding diaryl/α,β-unsaturated/α-hetero) is 1. The Morgan fingerprint density at radius 2 is 1.65 bits per heavy atom. The standard InChI is InChI=1S/C18H24N2O3/c1-14(21)5-10-17(22)19-13-15-6-8-16(9-7-15)18(23)20-11-3-2-4-12-20/h6-9H,2-5,10-13H2,1H3,(H,19,22). The molecule has 1 aromatic carbocycles. The van der Waals surface area contributed by atoms with Crippen LogP contribution in [0.4, 0.5) is 0 Å². The van der Waals surface area contributed by atoms with Crippen LogP contribution >= 0.6 is 0 Å². The maximum atomic E-state index is 12.4. The van der Waals surface area contributed by atoms with Gasteiger partial charge in [0.15, 0.2) is 0 Å². The van der Waals surface area contributed by atoms with E-state index in [1.54, 1.807) is 0 Å². The minimum absolute atomic E-state index is 0.0146. The highest BCUT2D eigenvalue weighted by molar-refractivity contribution is 5.94. The summed E-state index contributed by atoms with van der Waals surface area (Å²) in [6.45, 7) is 3.57. The summed E-state index contributed by atoms with van der Waals surface area (Å²) in [5.74, 6) is -0.0314. The van der Waals surface area contributed by atoms with E-state index in [1.807, 2.05) is 29.2 Å². The Hall–Kier alpha value is -2.17. The first kappa shape index (κ1) is 17.2. The first-order valence-corrected chi connectivity index (χ1v) is 8.20. The SMILES string of the molecule is CC(=O)CCC(=O)NCc1ccc(C(=O)N2CCCCC2)cc1. The molecule has 0 atom stereocenters. The van der Waals surface area contributed by atoms with Gasteiger partial charge in [-0.25, -0.2) is 0 Å². The second-order valence-corrected chi connectivity index (χ2v) is 6.03. The Bertz CT molecular complexity index is 560. The lowest BCUT2D eigenvalue weighted by atomic mass is 10.1. The number of amides is 2. The molecule has 0 radical (unpaired) electrons. The molecule has 5 heteroatoms. The highest BCUT2D eigenvalue weighted by atomic mass is 16.2. The van der Waals surface area contributed by atoms with Crippen molar-refractivity contribution in [3.05, 3.63) is 35.4 Å². The van der Waals surface area contributed by atoms with Crippen LogP contribution in [0.3, 0.4) is 0 Å². The fraction of sp³-hybridized carbons (Fsp3) is 0.500.